The van der Waals surface area contributed by atoms with Crippen molar-refractivity contribution in [2.75, 3.05) is 6.54 Å². The first kappa shape index (κ1) is 13.0. The Kier molecular flexibility index (Phi) is 4.46. The van der Waals surface area contributed by atoms with Gasteiger partial charge in [-0.05, 0) is 43.2 Å². The van der Waals surface area contributed by atoms with Crippen LogP contribution >= 0.6 is 0 Å². The first-order chi connectivity index (χ1) is 8.04. The van der Waals surface area contributed by atoms with Crippen molar-refractivity contribution in [1.29, 1.82) is 0 Å². The Morgan fingerprint density at radius 1 is 1.41 bits per heavy atom. The highest BCUT2D eigenvalue weighted by Gasteiger charge is 2.05. The molecular weight excluding hydrogens is 218 g/mol. The molecule has 0 aliphatic rings. The van der Waals surface area contributed by atoms with E-state index in [4.69, 9.17) is 5.11 Å². The summed E-state index contributed by atoms with van der Waals surface area (Å²) in [5, 5.41) is 11.2. The van der Waals surface area contributed by atoms with Crippen LogP contribution < -0.4 is 5.32 Å². The van der Waals surface area contributed by atoms with E-state index in [1.807, 2.05) is 13.8 Å². The van der Waals surface area contributed by atoms with E-state index >= 15 is 0 Å². The van der Waals surface area contributed by atoms with Crippen molar-refractivity contribution in [3.8, 4) is 0 Å². The molecule has 2 N–H and O–H groups in total. The third-order valence-electron chi connectivity index (χ3n) is 2.27. The van der Waals surface area contributed by atoms with Gasteiger partial charge in [-0.1, -0.05) is 6.07 Å². The van der Waals surface area contributed by atoms with Gasteiger partial charge in [0, 0.05) is 18.2 Å². The molecule has 0 saturated heterocycles. The van der Waals surface area contributed by atoms with E-state index in [0.717, 1.165) is 17.2 Å². The molecule has 1 rings (SSSR count). The van der Waals surface area contributed by atoms with E-state index in [1.54, 1.807) is 18.2 Å². The molecule has 0 fully saturated rings. The molecule has 0 bridgehead atoms. The van der Waals surface area contributed by atoms with Crippen LogP contribution in [-0.4, -0.2) is 23.5 Å². The summed E-state index contributed by atoms with van der Waals surface area (Å²) in [6.07, 6.45) is 2.59. The lowest BCUT2D eigenvalue weighted by Gasteiger charge is -2.05. The maximum Gasteiger partial charge on any atom is 0.328 e. The Labute approximate surface area is 100.0 Å². The number of amides is 1. The smallest absolute Gasteiger partial charge is 0.328 e. The largest absolute Gasteiger partial charge is 0.478 e. The summed E-state index contributed by atoms with van der Waals surface area (Å²) >= 11 is 0. The predicted molar refractivity (Wildman–Crippen MR) is 65.9 cm³/mol. The molecule has 0 aromatic heterocycles. The summed E-state index contributed by atoms with van der Waals surface area (Å²) in [6.45, 7) is 4.28. The molecule has 0 atom stereocenters. The number of nitrogens with one attached hydrogen (secondary N) is 1. The summed E-state index contributed by atoms with van der Waals surface area (Å²) in [6, 6.07) is 5.16. The van der Waals surface area contributed by atoms with Crippen molar-refractivity contribution in [2.45, 2.75) is 13.8 Å². The molecule has 0 spiro atoms. The number of carbonyl (C=O) groups is 2. The van der Waals surface area contributed by atoms with Crippen LogP contribution in [0.4, 0.5) is 0 Å². The molecule has 0 radical (unpaired) electrons. The van der Waals surface area contributed by atoms with E-state index < -0.39 is 5.97 Å². The van der Waals surface area contributed by atoms with E-state index in [9.17, 15) is 9.59 Å². The van der Waals surface area contributed by atoms with Gasteiger partial charge in [-0.2, -0.15) is 0 Å². The molecule has 1 aromatic rings. The fourth-order valence-corrected chi connectivity index (χ4v) is 1.43. The average Bonchev–Trinajstić information content (AvgIpc) is 2.27. The van der Waals surface area contributed by atoms with Gasteiger partial charge in [0.25, 0.3) is 5.91 Å². The molecule has 17 heavy (non-hydrogen) atoms. The zero-order valence-electron chi connectivity index (χ0n) is 9.86. The number of hydrogen-bond donors (Lipinski definition) is 2. The van der Waals surface area contributed by atoms with Gasteiger partial charge in [-0.3, -0.25) is 4.79 Å². The summed E-state index contributed by atoms with van der Waals surface area (Å²) in [7, 11) is 0. The topological polar surface area (TPSA) is 66.4 Å². The lowest BCUT2D eigenvalue weighted by Crippen LogP contribution is -2.22. The minimum atomic E-state index is -0.989. The third-order valence-corrected chi connectivity index (χ3v) is 2.27. The molecule has 1 aromatic carbocycles. The minimum Gasteiger partial charge on any atom is -0.478 e. The molecule has 0 heterocycles. The Morgan fingerprint density at radius 2 is 2.12 bits per heavy atom. The van der Waals surface area contributed by atoms with Crippen molar-refractivity contribution >= 4 is 18.0 Å². The highest BCUT2D eigenvalue weighted by Crippen LogP contribution is 2.12. The molecule has 4 nitrogen and oxygen atoms in total. The van der Waals surface area contributed by atoms with Crippen LogP contribution in [0.5, 0.6) is 0 Å². The van der Waals surface area contributed by atoms with Gasteiger partial charge >= 0.3 is 5.97 Å². The molecule has 90 valence electrons. The number of rotatable bonds is 4. The summed E-state index contributed by atoms with van der Waals surface area (Å²) < 4.78 is 0. The summed E-state index contributed by atoms with van der Waals surface area (Å²) in [5.74, 6) is -1.11. The molecule has 4 heteroatoms. The highest BCUT2D eigenvalue weighted by molar-refractivity contribution is 5.94. The Balaban J connectivity index is 2.93. The molecule has 0 aliphatic heterocycles. The second-order valence-electron chi connectivity index (χ2n) is 3.60. The van der Waals surface area contributed by atoms with Crippen molar-refractivity contribution in [3.63, 3.8) is 0 Å². The van der Waals surface area contributed by atoms with Crippen LogP contribution in [0.3, 0.4) is 0 Å². The zero-order chi connectivity index (χ0) is 12.8. The zero-order valence-corrected chi connectivity index (χ0v) is 9.86. The van der Waals surface area contributed by atoms with E-state index in [1.165, 1.54) is 6.08 Å². The van der Waals surface area contributed by atoms with Crippen molar-refractivity contribution in [2.24, 2.45) is 0 Å². The molecular formula is C13H15NO3. The first-order valence-electron chi connectivity index (χ1n) is 5.34. The van der Waals surface area contributed by atoms with Crippen molar-refractivity contribution in [3.05, 3.63) is 41.0 Å². The minimum absolute atomic E-state index is 0.121. The number of hydrogen-bond acceptors (Lipinski definition) is 2. The van der Waals surface area contributed by atoms with Crippen molar-refractivity contribution < 1.29 is 14.7 Å². The van der Waals surface area contributed by atoms with Crippen molar-refractivity contribution in [1.82, 2.24) is 5.32 Å². The highest BCUT2D eigenvalue weighted by atomic mass is 16.4. The van der Waals surface area contributed by atoms with Gasteiger partial charge < -0.3 is 10.4 Å². The first-order valence-corrected chi connectivity index (χ1v) is 5.34. The fraction of sp³-hybridized carbons (Fsp3) is 0.231. The monoisotopic (exact) mass is 233 g/mol. The lowest BCUT2D eigenvalue weighted by molar-refractivity contribution is -0.131. The second kappa shape index (κ2) is 5.84. The van der Waals surface area contributed by atoms with Crippen LogP contribution in [0.1, 0.15) is 28.4 Å². The van der Waals surface area contributed by atoms with Gasteiger partial charge in [0.05, 0.1) is 0 Å². The molecule has 1 amide bonds. The third kappa shape index (κ3) is 3.75. The number of carboxylic acid groups (broad SMARTS) is 1. The Hall–Kier alpha value is -2.10. The quantitative estimate of drug-likeness (QED) is 0.780. The standard InChI is InChI=1S/C13H15NO3/c1-3-14-13(17)11-5-4-10(9(2)8-11)6-7-12(15)16/h4-8H,3H2,1-2H3,(H,14,17)(H,15,16)/b7-6+. The molecule has 0 unspecified atom stereocenters. The van der Waals surface area contributed by atoms with Crippen LogP contribution in [0.2, 0.25) is 0 Å². The summed E-state index contributed by atoms with van der Waals surface area (Å²) in [5.41, 5.74) is 2.24. The van der Waals surface area contributed by atoms with E-state index in [0.29, 0.717) is 12.1 Å². The van der Waals surface area contributed by atoms with Gasteiger partial charge in [-0.15, -0.1) is 0 Å². The van der Waals surface area contributed by atoms with E-state index in [2.05, 4.69) is 5.32 Å². The van der Waals surface area contributed by atoms with E-state index in [-0.39, 0.29) is 5.91 Å². The maximum absolute atomic E-state index is 11.6. The van der Waals surface area contributed by atoms with Crippen LogP contribution in [-0.2, 0) is 4.79 Å². The summed E-state index contributed by atoms with van der Waals surface area (Å²) in [4.78, 5) is 21.9. The van der Waals surface area contributed by atoms with Gasteiger partial charge in [0.15, 0.2) is 0 Å². The van der Waals surface area contributed by atoms with Gasteiger partial charge in [0.1, 0.15) is 0 Å². The van der Waals surface area contributed by atoms with Crippen LogP contribution in [0, 0.1) is 6.92 Å². The lowest BCUT2D eigenvalue weighted by atomic mass is 10.0. The Morgan fingerprint density at radius 3 is 2.65 bits per heavy atom. The number of carbonyl (C=O) groups excluding carboxylic acids is 1. The molecule has 0 aliphatic carbocycles. The predicted octanol–water partition coefficient (Wildman–Crippen LogP) is 1.84. The van der Waals surface area contributed by atoms with Crippen LogP contribution in [0.15, 0.2) is 24.3 Å². The number of aryl methyl sites for hydroxylation is 1. The normalized spacial score (nSPS) is 10.5. The fourth-order valence-electron chi connectivity index (χ4n) is 1.43. The average molecular weight is 233 g/mol. The SMILES string of the molecule is CCNC(=O)c1ccc(/C=C/C(=O)O)c(C)c1. The maximum atomic E-state index is 11.6. The number of benzene rings is 1. The Bertz CT molecular complexity index is 464. The van der Waals surface area contributed by atoms with Gasteiger partial charge in [-0.25, -0.2) is 4.79 Å². The van der Waals surface area contributed by atoms with Gasteiger partial charge in [0.2, 0.25) is 0 Å². The molecule has 0 saturated carbocycles. The second-order valence-corrected chi connectivity index (χ2v) is 3.60. The number of aliphatic carboxylic acids is 1. The van der Waals surface area contributed by atoms with Crippen LogP contribution in [0.25, 0.3) is 6.08 Å². The number of carboxylic acids is 1.